The fourth-order valence-corrected chi connectivity index (χ4v) is 2.69. The SMILES string of the molecule is Fc1ccc(C(F)(F)F)cc1NC1Cc2ccccc2C1. The van der Waals surface area contributed by atoms with Crippen LogP contribution in [-0.2, 0) is 19.0 Å². The average molecular weight is 295 g/mol. The summed E-state index contributed by atoms with van der Waals surface area (Å²) in [4.78, 5) is 0. The molecule has 2 aromatic rings. The Morgan fingerprint density at radius 3 is 2.14 bits per heavy atom. The predicted molar refractivity (Wildman–Crippen MR) is 72.7 cm³/mol. The van der Waals surface area contributed by atoms with Crippen LogP contribution in [0.2, 0.25) is 0 Å². The minimum absolute atomic E-state index is 0.0830. The first-order valence-electron chi connectivity index (χ1n) is 6.63. The monoisotopic (exact) mass is 295 g/mol. The molecule has 3 rings (SSSR count). The molecule has 0 unspecified atom stereocenters. The van der Waals surface area contributed by atoms with Gasteiger partial charge in [0.25, 0.3) is 0 Å². The van der Waals surface area contributed by atoms with Crippen molar-refractivity contribution in [3.63, 3.8) is 0 Å². The summed E-state index contributed by atoms with van der Waals surface area (Å²) < 4.78 is 51.7. The number of alkyl halides is 3. The van der Waals surface area contributed by atoms with Gasteiger partial charge in [0.15, 0.2) is 0 Å². The first kappa shape index (κ1) is 13.9. The molecule has 1 nitrogen and oxygen atoms in total. The van der Waals surface area contributed by atoms with Crippen molar-refractivity contribution in [2.75, 3.05) is 5.32 Å². The lowest BCUT2D eigenvalue weighted by atomic mass is 10.1. The van der Waals surface area contributed by atoms with Crippen molar-refractivity contribution in [2.45, 2.75) is 25.1 Å². The molecule has 1 aliphatic rings. The molecule has 0 spiro atoms. The summed E-state index contributed by atoms with van der Waals surface area (Å²) in [7, 11) is 0. The molecule has 0 atom stereocenters. The van der Waals surface area contributed by atoms with E-state index in [1.165, 1.54) is 0 Å². The zero-order valence-corrected chi connectivity index (χ0v) is 11.0. The second kappa shape index (κ2) is 5.06. The van der Waals surface area contributed by atoms with Gasteiger partial charge in [-0.3, -0.25) is 0 Å². The molecule has 110 valence electrons. The Labute approximate surface area is 119 Å². The molecular formula is C16H13F4N. The quantitative estimate of drug-likeness (QED) is 0.808. The van der Waals surface area contributed by atoms with E-state index in [0.717, 1.165) is 29.3 Å². The number of hydrogen-bond donors (Lipinski definition) is 1. The van der Waals surface area contributed by atoms with Gasteiger partial charge in [-0.1, -0.05) is 24.3 Å². The molecule has 0 aliphatic heterocycles. The number of fused-ring (bicyclic) bond motifs is 1. The van der Waals surface area contributed by atoms with Crippen LogP contribution in [0.25, 0.3) is 0 Å². The van der Waals surface area contributed by atoms with Crippen LogP contribution in [0.4, 0.5) is 23.2 Å². The van der Waals surface area contributed by atoms with Crippen molar-refractivity contribution in [2.24, 2.45) is 0 Å². The number of benzene rings is 2. The van der Waals surface area contributed by atoms with E-state index >= 15 is 0 Å². The van der Waals surface area contributed by atoms with Gasteiger partial charge >= 0.3 is 6.18 Å². The lowest BCUT2D eigenvalue weighted by Crippen LogP contribution is -2.20. The van der Waals surface area contributed by atoms with Gasteiger partial charge in [-0.15, -0.1) is 0 Å². The number of rotatable bonds is 2. The number of nitrogens with one attached hydrogen (secondary N) is 1. The van der Waals surface area contributed by atoms with Gasteiger partial charge in [0.05, 0.1) is 11.3 Å². The molecule has 0 amide bonds. The molecule has 0 saturated carbocycles. The molecular weight excluding hydrogens is 282 g/mol. The van der Waals surface area contributed by atoms with E-state index in [2.05, 4.69) is 5.32 Å². The van der Waals surface area contributed by atoms with E-state index < -0.39 is 17.6 Å². The van der Waals surface area contributed by atoms with Gasteiger partial charge in [0.1, 0.15) is 5.82 Å². The maximum atomic E-state index is 13.7. The molecule has 0 fully saturated rings. The molecule has 0 saturated heterocycles. The maximum Gasteiger partial charge on any atom is 0.416 e. The molecule has 5 heteroatoms. The van der Waals surface area contributed by atoms with Crippen LogP contribution in [0.15, 0.2) is 42.5 Å². The van der Waals surface area contributed by atoms with Gasteiger partial charge in [-0.2, -0.15) is 13.2 Å². The maximum absolute atomic E-state index is 13.7. The summed E-state index contributed by atoms with van der Waals surface area (Å²) in [6.45, 7) is 0. The lowest BCUT2D eigenvalue weighted by Gasteiger charge is -2.16. The van der Waals surface area contributed by atoms with Gasteiger partial charge in [-0.05, 0) is 42.2 Å². The molecule has 0 bridgehead atoms. The summed E-state index contributed by atoms with van der Waals surface area (Å²) in [5.41, 5.74) is 1.37. The molecule has 2 aromatic carbocycles. The Hall–Kier alpha value is -2.04. The standard InChI is InChI=1S/C16H13F4N/c17-14-6-5-12(16(18,19)20)9-15(14)21-13-7-10-3-1-2-4-11(10)8-13/h1-6,9,13,21H,7-8H2. The summed E-state index contributed by atoms with van der Waals surface area (Å²) in [5, 5.41) is 2.89. The Bertz CT molecular complexity index is 639. The van der Waals surface area contributed by atoms with Crippen molar-refractivity contribution < 1.29 is 17.6 Å². The van der Waals surface area contributed by atoms with Crippen LogP contribution in [-0.4, -0.2) is 6.04 Å². The fraction of sp³-hybridized carbons (Fsp3) is 0.250. The lowest BCUT2D eigenvalue weighted by molar-refractivity contribution is -0.137. The predicted octanol–water partition coefficient (Wildman–Crippen LogP) is 4.42. The molecule has 0 heterocycles. The summed E-state index contributed by atoms with van der Waals surface area (Å²) in [5.74, 6) is -0.668. The van der Waals surface area contributed by atoms with Crippen LogP contribution in [0.5, 0.6) is 0 Å². The van der Waals surface area contributed by atoms with E-state index in [0.29, 0.717) is 12.8 Å². The van der Waals surface area contributed by atoms with E-state index in [1.54, 1.807) is 0 Å². The molecule has 1 N–H and O–H groups in total. The van der Waals surface area contributed by atoms with Crippen LogP contribution in [0.3, 0.4) is 0 Å². The van der Waals surface area contributed by atoms with Crippen molar-refractivity contribution in [3.8, 4) is 0 Å². The van der Waals surface area contributed by atoms with E-state index in [1.807, 2.05) is 24.3 Å². The van der Waals surface area contributed by atoms with Gasteiger partial charge < -0.3 is 5.32 Å². The second-order valence-corrected chi connectivity index (χ2v) is 5.21. The Balaban J connectivity index is 1.80. The van der Waals surface area contributed by atoms with Gasteiger partial charge in [0, 0.05) is 6.04 Å². The van der Waals surface area contributed by atoms with Crippen LogP contribution in [0, 0.1) is 5.82 Å². The van der Waals surface area contributed by atoms with Crippen molar-refractivity contribution in [3.05, 3.63) is 65.0 Å². The third-order valence-corrected chi connectivity index (χ3v) is 3.70. The van der Waals surface area contributed by atoms with Crippen LogP contribution < -0.4 is 5.32 Å². The first-order valence-corrected chi connectivity index (χ1v) is 6.63. The normalized spacial score (nSPS) is 15.0. The largest absolute Gasteiger partial charge is 0.416 e. The molecule has 21 heavy (non-hydrogen) atoms. The van der Waals surface area contributed by atoms with Gasteiger partial charge in [-0.25, -0.2) is 4.39 Å². The Morgan fingerprint density at radius 1 is 0.952 bits per heavy atom. The highest BCUT2D eigenvalue weighted by Gasteiger charge is 2.31. The zero-order valence-electron chi connectivity index (χ0n) is 11.0. The molecule has 1 aliphatic carbocycles. The third-order valence-electron chi connectivity index (χ3n) is 3.70. The molecule has 0 radical (unpaired) electrons. The third kappa shape index (κ3) is 2.86. The number of halogens is 4. The van der Waals surface area contributed by atoms with Crippen molar-refractivity contribution in [1.29, 1.82) is 0 Å². The van der Waals surface area contributed by atoms with E-state index in [-0.39, 0.29) is 11.7 Å². The summed E-state index contributed by atoms with van der Waals surface area (Å²) in [6, 6.07) is 10.2. The minimum Gasteiger partial charge on any atom is -0.379 e. The summed E-state index contributed by atoms with van der Waals surface area (Å²) in [6.07, 6.45) is -3.10. The number of hydrogen-bond acceptors (Lipinski definition) is 1. The first-order chi connectivity index (χ1) is 9.93. The Morgan fingerprint density at radius 2 is 1.57 bits per heavy atom. The average Bonchev–Trinajstić information content (AvgIpc) is 2.82. The topological polar surface area (TPSA) is 12.0 Å². The highest BCUT2D eigenvalue weighted by atomic mass is 19.4. The van der Waals surface area contributed by atoms with Crippen molar-refractivity contribution in [1.82, 2.24) is 0 Å². The fourth-order valence-electron chi connectivity index (χ4n) is 2.69. The highest BCUT2D eigenvalue weighted by molar-refractivity contribution is 5.50. The van der Waals surface area contributed by atoms with Gasteiger partial charge in [0.2, 0.25) is 0 Å². The van der Waals surface area contributed by atoms with E-state index in [4.69, 9.17) is 0 Å². The smallest absolute Gasteiger partial charge is 0.379 e. The second-order valence-electron chi connectivity index (χ2n) is 5.21. The molecule has 0 aromatic heterocycles. The van der Waals surface area contributed by atoms with E-state index in [9.17, 15) is 17.6 Å². The van der Waals surface area contributed by atoms with Crippen molar-refractivity contribution >= 4 is 5.69 Å². The minimum atomic E-state index is -4.47. The highest BCUT2D eigenvalue weighted by Crippen LogP contribution is 2.33. The number of anilines is 1. The Kier molecular flexibility index (Phi) is 3.35. The summed E-state index contributed by atoms with van der Waals surface area (Å²) >= 11 is 0. The van der Waals surface area contributed by atoms with Crippen LogP contribution in [0.1, 0.15) is 16.7 Å². The zero-order chi connectivity index (χ0) is 15.0. The van der Waals surface area contributed by atoms with Crippen LogP contribution >= 0.6 is 0 Å².